The lowest BCUT2D eigenvalue weighted by Crippen LogP contribution is -2.41. The van der Waals surface area contributed by atoms with Crippen LogP contribution in [0.25, 0.3) is 0 Å². The quantitative estimate of drug-likeness (QED) is 0.713. The van der Waals surface area contributed by atoms with E-state index < -0.39 is 0 Å². The Bertz CT molecular complexity index is 209. The minimum Gasteiger partial charge on any atom is -0.311 e. The van der Waals surface area contributed by atoms with E-state index in [4.69, 9.17) is 0 Å². The molecule has 2 saturated carbocycles. The van der Waals surface area contributed by atoms with E-state index >= 15 is 0 Å². The topological polar surface area (TPSA) is 12.0 Å². The third kappa shape index (κ3) is 2.50. The molecule has 2 fully saturated rings. The van der Waals surface area contributed by atoms with Crippen LogP contribution in [0.15, 0.2) is 0 Å². The van der Waals surface area contributed by atoms with Crippen molar-refractivity contribution >= 4 is 0 Å². The van der Waals surface area contributed by atoms with Crippen molar-refractivity contribution in [1.29, 1.82) is 0 Å². The predicted molar refractivity (Wildman–Crippen MR) is 61.3 cm³/mol. The lowest BCUT2D eigenvalue weighted by atomic mass is 9.70. The van der Waals surface area contributed by atoms with E-state index in [2.05, 4.69) is 33.0 Å². The summed E-state index contributed by atoms with van der Waals surface area (Å²) in [4.78, 5) is 0. The first-order chi connectivity index (χ1) is 6.46. The number of hydrogen-bond acceptors (Lipinski definition) is 1. The highest BCUT2D eigenvalue weighted by molar-refractivity contribution is 4.95. The minimum atomic E-state index is 0.563. The van der Waals surface area contributed by atoms with Gasteiger partial charge in [0, 0.05) is 12.1 Å². The lowest BCUT2D eigenvalue weighted by Gasteiger charge is -2.39. The first kappa shape index (κ1) is 10.5. The average molecular weight is 195 g/mol. The molecule has 0 aromatic heterocycles. The highest BCUT2D eigenvalue weighted by atomic mass is 15.0. The Morgan fingerprint density at radius 2 is 1.71 bits per heavy atom. The van der Waals surface area contributed by atoms with Gasteiger partial charge in [-0.1, -0.05) is 27.7 Å². The molecule has 14 heavy (non-hydrogen) atoms. The molecule has 2 rings (SSSR count). The van der Waals surface area contributed by atoms with E-state index in [1.54, 1.807) is 0 Å². The number of nitrogens with one attached hydrogen (secondary N) is 1. The lowest BCUT2D eigenvalue weighted by molar-refractivity contribution is 0.150. The first-order valence-corrected chi connectivity index (χ1v) is 6.22. The molecule has 0 bridgehead atoms. The van der Waals surface area contributed by atoms with E-state index in [-0.39, 0.29) is 0 Å². The Balaban J connectivity index is 1.86. The van der Waals surface area contributed by atoms with Crippen molar-refractivity contribution in [3.8, 4) is 0 Å². The van der Waals surface area contributed by atoms with Crippen molar-refractivity contribution in [2.45, 2.75) is 65.5 Å². The van der Waals surface area contributed by atoms with Gasteiger partial charge in [-0.3, -0.25) is 0 Å². The van der Waals surface area contributed by atoms with Gasteiger partial charge in [-0.2, -0.15) is 0 Å². The molecule has 0 spiro atoms. The summed E-state index contributed by atoms with van der Waals surface area (Å²) in [5.41, 5.74) is 0.563. The van der Waals surface area contributed by atoms with E-state index in [1.807, 2.05) is 0 Å². The molecule has 0 amide bonds. The maximum Gasteiger partial charge on any atom is 0.00989 e. The molecule has 2 unspecified atom stereocenters. The van der Waals surface area contributed by atoms with Crippen LogP contribution >= 0.6 is 0 Å². The molecular formula is C13H25N. The summed E-state index contributed by atoms with van der Waals surface area (Å²) in [6, 6.07) is 1.64. The molecule has 0 heterocycles. The zero-order valence-electron chi connectivity index (χ0n) is 10.1. The molecule has 1 nitrogen and oxygen atoms in total. The zero-order chi connectivity index (χ0) is 10.3. The Morgan fingerprint density at radius 1 is 1.07 bits per heavy atom. The van der Waals surface area contributed by atoms with E-state index in [1.165, 1.54) is 25.7 Å². The molecule has 1 heteroatoms. The number of rotatable bonds is 2. The average Bonchev–Trinajstić information content (AvgIpc) is 2.60. The van der Waals surface area contributed by atoms with Crippen LogP contribution in [-0.2, 0) is 0 Å². The van der Waals surface area contributed by atoms with Gasteiger partial charge in [0.1, 0.15) is 0 Å². The smallest absolute Gasteiger partial charge is 0.00989 e. The van der Waals surface area contributed by atoms with Crippen LogP contribution in [0.3, 0.4) is 0 Å². The second kappa shape index (κ2) is 3.52. The van der Waals surface area contributed by atoms with Crippen molar-refractivity contribution in [2.75, 3.05) is 0 Å². The van der Waals surface area contributed by atoms with Crippen molar-refractivity contribution in [3.05, 3.63) is 0 Å². The van der Waals surface area contributed by atoms with E-state index in [0.717, 1.165) is 23.9 Å². The summed E-state index contributed by atoms with van der Waals surface area (Å²) in [6.07, 6.45) is 5.59. The van der Waals surface area contributed by atoms with Gasteiger partial charge in [-0.15, -0.1) is 0 Å². The van der Waals surface area contributed by atoms with Crippen LogP contribution in [0.2, 0.25) is 0 Å². The summed E-state index contributed by atoms with van der Waals surface area (Å²) >= 11 is 0. The van der Waals surface area contributed by atoms with Gasteiger partial charge < -0.3 is 5.32 Å². The zero-order valence-corrected chi connectivity index (χ0v) is 10.1. The fourth-order valence-corrected chi connectivity index (χ4v) is 3.33. The predicted octanol–water partition coefficient (Wildman–Crippen LogP) is 3.20. The highest BCUT2D eigenvalue weighted by Gasteiger charge is 2.38. The van der Waals surface area contributed by atoms with Gasteiger partial charge in [-0.05, 0) is 42.9 Å². The molecular weight excluding hydrogens is 170 g/mol. The molecule has 0 aromatic rings. The maximum atomic E-state index is 3.83. The third-order valence-electron chi connectivity index (χ3n) is 3.95. The molecule has 2 aliphatic carbocycles. The van der Waals surface area contributed by atoms with Crippen molar-refractivity contribution in [3.63, 3.8) is 0 Å². The van der Waals surface area contributed by atoms with E-state index in [0.29, 0.717) is 5.41 Å². The van der Waals surface area contributed by atoms with Crippen LogP contribution in [0.4, 0.5) is 0 Å². The number of hydrogen-bond donors (Lipinski definition) is 1. The minimum absolute atomic E-state index is 0.563. The SMILES string of the molecule is CC1CC(N[C@@H]2C[C@H]2C)CC(C)(C)C1. The van der Waals surface area contributed by atoms with Crippen LogP contribution in [0.1, 0.15) is 53.4 Å². The normalized spacial score (nSPS) is 46.3. The summed E-state index contributed by atoms with van der Waals surface area (Å²) in [6.45, 7) is 9.61. The monoisotopic (exact) mass is 195 g/mol. The summed E-state index contributed by atoms with van der Waals surface area (Å²) in [5, 5.41) is 3.83. The van der Waals surface area contributed by atoms with Gasteiger partial charge in [0.25, 0.3) is 0 Å². The Labute approximate surface area is 88.7 Å². The summed E-state index contributed by atoms with van der Waals surface area (Å²) in [5.74, 6) is 1.85. The highest BCUT2D eigenvalue weighted by Crippen LogP contribution is 2.40. The van der Waals surface area contributed by atoms with Gasteiger partial charge in [0.2, 0.25) is 0 Å². The standard InChI is InChI=1S/C13H25N/c1-9-5-11(8-13(3,4)7-9)14-12-6-10(12)2/h9-12,14H,5-8H2,1-4H3/t9?,10-,11?,12-/m1/s1. The van der Waals surface area contributed by atoms with Crippen LogP contribution < -0.4 is 5.32 Å². The van der Waals surface area contributed by atoms with Crippen LogP contribution in [0.5, 0.6) is 0 Å². The molecule has 0 aromatic carbocycles. The summed E-state index contributed by atoms with van der Waals surface area (Å²) < 4.78 is 0. The molecule has 82 valence electrons. The van der Waals surface area contributed by atoms with Gasteiger partial charge in [0.05, 0.1) is 0 Å². The molecule has 1 N–H and O–H groups in total. The van der Waals surface area contributed by atoms with Crippen molar-refractivity contribution in [2.24, 2.45) is 17.3 Å². The fourth-order valence-electron chi connectivity index (χ4n) is 3.33. The largest absolute Gasteiger partial charge is 0.311 e. The first-order valence-electron chi connectivity index (χ1n) is 6.22. The molecule has 4 atom stereocenters. The third-order valence-corrected chi connectivity index (χ3v) is 3.95. The summed E-state index contributed by atoms with van der Waals surface area (Å²) in [7, 11) is 0. The molecule has 0 radical (unpaired) electrons. The second-order valence-electron chi connectivity index (χ2n) is 6.60. The van der Waals surface area contributed by atoms with Crippen LogP contribution in [0, 0.1) is 17.3 Å². The van der Waals surface area contributed by atoms with Gasteiger partial charge in [-0.25, -0.2) is 0 Å². The Hall–Kier alpha value is -0.0400. The van der Waals surface area contributed by atoms with Gasteiger partial charge >= 0.3 is 0 Å². The van der Waals surface area contributed by atoms with E-state index in [9.17, 15) is 0 Å². The Kier molecular flexibility index (Phi) is 2.63. The van der Waals surface area contributed by atoms with Crippen molar-refractivity contribution < 1.29 is 0 Å². The second-order valence-corrected chi connectivity index (χ2v) is 6.60. The molecule has 0 aliphatic heterocycles. The van der Waals surface area contributed by atoms with Crippen molar-refractivity contribution in [1.82, 2.24) is 5.32 Å². The molecule has 0 saturated heterocycles. The Morgan fingerprint density at radius 3 is 2.21 bits per heavy atom. The fraction of sp³-hybridized carbons (Fsp3) is 1.00. The van der Waals surface area contributed by atoms with Crippen LogP contribution in [-0.4, -0.2) is 12.1 Å². The van der Waals surface area contributed by atoms with Gasteiger partial charge in [0.15, 0.2) is 0 Å². The molecule has 2 aliphatic rings. The maximum absolute atomic E-state index is 3.83.